The lowest BCUT2D eigenvalue weighted by atomic mass is 10.1. The van der Waals surface area contributed by atoms with Gasteiger partial charge in [0.2, 0.25) is 17.7 Å². The molecule has 15 heteroatoms. The fraction of sp³-hybridized carbons (Fsp3) is 0.625. The number of benzene rings is 1. The lowest BCUT2D eigenvalue weighted by molar-refractivity contribution is -0.386. The van der Waals surface area contributed by atoms with Crippen LogP contribution in [0.5, 0.6) is 5.88 Å². The number of ether oxygens (including phenoxy) is 2. The number of imidazole rings is 1. The third-order valence-corrected chi connectivity index (χ3v) is 18.7. The molecule has 4 rings (SSSR count). The highest BCUT2D eigenvalue weighted by atomic mass is 28.4. The summed E-state index contributed by atoms with van der Waals surface area (Å²) >= 11 is 0. The van der Waals surface area contributed by atoms with Gasteiger partial charge in [-0.1, -0.05) is 53.7 Å². The third kappa shape index (κ3) is 8.08. The van der Waals surface area contributed by atoms with Gasteiger partial charge in [-0.15, -0.1) is 0 Å². The second-order valence-electron chi connectivity index (χ2n) is 15.3. The summed E-state index contributed by atoms with van der Waals surface area (Å²) in [7, 11) is -4.26. The highest BCUT2D eigenvalue weighted by Gasteiger charge is 2.47. The molecular formula is C32H50N6O7Si2. The van der Waals surface area contributed by atoms with Crippen molar-refractivity contribution in [3.63, 3.8) is 0 Å². The maximum atomic E-state index is 12.0. The van der Waals surface area contributed by atoms with Crippen molar-refractivity contribution in [3.8, 4) is 5.88 Å². The topological polar surface area (TPSA) is 153 Å². The highest BCUT2D eigenvalue weighted by Crippen LogP contribution is 2.43. The lowest BCUT2D eigenvalue weighted by Gasteiger charge is -2.40. The van der Waals surface area contributed by atoms with Crippen LogP contribution in [0.4, 0.5) is 11.6 Å². The Morgan fingerprint density at radius 3 is 2.34 bits per heavy atom. The molecule has 47 heavy (non-hydrogen) atoms. The average molecular weight is 687 g/mol. The predicted octanol–water partition coefficient (Wildman–Crippen LogP) is 7.53. The number of nitro benzene ring substituents is 1. The number of carbonyl (C=O) groups excluding carboxylic acids is 1. The van der Waals surface area contributed by atoms with Gasteiger partial charge in [0.15, 0.2) is 27.8 Å². The number of hydrogen-bond donors (Lipinski definition) is 1. The Kier molecular flexibility index (Phi) is 10.4. The summed E-state index contributed by atoms with van der Waals surface area (Å²) in [4.78, 5) is 36.9. The minimum Gasteiger partial charge on any atom is -0.468 e. The number of amides is 1. The van der Waals surface area contributed by atoms with Crippen LogP contribution in [0.2, 0.25) is 36.3 Å². The van der Waals surface area contributed by atoms with E-state index in [1.807, 2.05) is 0 Å². The molecular weight excluding hydrogens is 637 g/mol. The minimum absolute atomic E-state index is 0.00509. The van der Waals surface area contributed by atoms with E-state index in [1.165, 1.54) is 13.0 Å². The first kappa shape index (κ1) is 36.6. The molecule has 0 radical (unpaired) electrons. The standard InChI is InChI=1S/C32H50N6O7Si2/c1-20(22-15-13-14-16-23(22)38(40)41)43-29-27-28(35-30(36-29)34-21(2)39)37(19-33-27)26-17-24(45-47(11,12)32(6,7)8)25(44-26)18-42-46(9,10)31(3,4)5/h13-16,19-20,24-26H,17-18H2,1-12H3,(H,34,35,36,39)/t20?,24?,25-,26-/m1/s1. The maximum Gasteiger partial charge on any atom is 0.276 e. The molecule has 1 aromatic carbocycles. The van der Waals surface area contributed by atoms with E-state index in [9.17, 15) is 14.9 Å². The Balaban J connectivity index is 1.72. The van der Waals surface area contributed by atoms with Crippen molar-refractivity contribution in [2.24, 2.45) is 0 Å². The maximum absolute atomic E-state index is 12.0. The lowest BCUT2D eigenvalue weighted by Crippen LogP contribution is -2.48. The fourth-order valence-electron chi connectivity index (χ4n) is 4.83. The molecule has 1 saturated heterocycles. The minimum atomic E-state index is -2.18. The fourth-order valence-corrected chi connectivity index (χ4v) is 7.21. The molecule has 1 aliphatic heterocycles. The SMILES string of the molecule is CC(=O)Nc1nc(OC(C)c2ccccc2[N+](=O)[O-])c2ncn([C@H]3CC(O[Si](C)(C)C(C)(C)C)[C@@H](CO[Si](C)(C)C(C)(C)C)O3)c2n1. The van der Waals surface area contributed by atoms with Crippen LogP contribution in [0.25, 0.3) is 11.2 Å². The van der Waals surface area contributed by atoms with E-state index in [2.05, 4.69) is 88.0 Å². The largest absolute Gasteiger partial charge is 0.468 e. The van der Waals surface area contributed by atoms with Gasteiger partial charge < -0.3 is 18.3 Å². The van der Waals surface area contributed by atoms with Gasteiger partial charge in [-0.25, -0.2) is 4.98 Å². The molecule has 13 nitrogen and oxygen atoms in total. The van der Waals surface area contributed by atoms with Crippen LogP contribution in [0.15, 0.2) is 30.6 Å². The van der Waals surface area contributed by atoms with Gasteiger partial charge in [0.05, 0.1) is 29.5 Å². The summed E-state index contributed by atoms with van der Waals surface area (Å²) in [6.45, 7) is 25.6. The van der Waals surface area contributed by atoms with Crippen molar-refractivity contribution >= 4 is 45.3 Å². The average Bonchev–Trinajstić information content (AvgIpc) is 3.54. The number of hydrogen-bond acceptors (Lipinski definition) is 10. The monoisotopic (exact) mass is 686 g/mol. The summed E-state index contributed by atoms with van der Waals surface area (Å²) in [6.07, 6.45) is 0.340. The van der Waals surface area contributed by atoms with E-state index in [0.717, 1.165) is 0 Å². The molecule has 1 N–H and O–H groups in total. The van der Waals surface area contributed by atoms with E-state index < -0.39 is 33.9 Å². The number of fused-ring (bicyclic) bond motifs is 1. The Morgan fingerprint density at radius 2 is 1.74 bits per heavy atom. The van der Waals surface area contributed by atoms with Crippen LogP contribution >= 0.6 is 0 Å². The molecule has 2 aromatic heterocycles. The molecule has 3 aromatic rings. The van der Waals surface area contributed by atoms with Crippen molar-refractivity contribution in [1.82, 2.24) is 19.5 Å². The van der Waals surface area contributed by atoms with E-state index in [4.69, 9.17) is 18.3 Å². The van der Waals surface area contributed by atoms with E-state index in [-0.39, 0.29) is 45.7 Å². The van der Waals surface area contributed by atoms with Crippen LogP contribution in [0.3, 0.4) is 0 Å². The number of rotatable bonds is 11. The first-order chi connectivity index (χ1) is 21.6. The molecule has 2 unspecified atom stereocenters. The van der Waals surface area contributed by atoms with E-state index in [1.54, 1.807) is 36.0 Å². The van der Waals surface area contributed by atoms with Crippen molar-refractivity contribution < 1.29 is 28.0 Å². The number of nitro groups is 1. The quantitative estimate of drug-likeness (QED) is 0.122. The van der Waals surface area contributed by atoms with Crippen molar-refractivity contribution in [2.45, 2.75) is 123 Å². The van der Waals surface area contributed by atoms with Crippen molar-refractivity contribution in [3.05, 3.63) is 46.3 Å². The third-order valence-electron chi connectivity index (χ3n) is 9.69. The first-order valence-corrected chi connectivity index (χ1v) is 21.8. The molecule has 0 bridgehead atoms. The van der Waals surface area contributed by atoms with E-state index in [0.29, 0.717) is 29.8 Å². The van der Waals surface area contributed by atoms with Crippen molar-refractivity contribution in [2.75, 3.05) is 11.9 Å². The molecule has 258 valence electrons. The van der Waals surface area contributed by atoms with Gasteiger partial charge in [-0.2, -0.15) is 9.97 Å². The zero-order valence-electron chi connectivity index (χ0n) is 29.7. The molecule has 0 spiro atoms. The number of nitrogens with one attached hydrogen (secondary N) is 1. The number of carbonyl (C=O) groups is 1. The van der Waals surface area contributed by atoms with Gasteiger partial charge in [0.25, 0.3) is 5.69 Å². The smallest absolute Gasteiger partial charge is 0.276 e. The van der Waals surface area contributed by atoms with Gasteiger partial charge >= 0.3 is 0 Å². The summed E-state index contributed by atoms with van der Waals surface area (Å²) in [6, 6.07) is 6.37. The summed E-state index contributed by atoms with van der Waals surface area (Å²) in [5.74, 6) is -0.273. The zero-order valence-corrected chi connectivity index (χ0v) is 31.7. The molecule has 1 fully saturated rings. The predicted molar refractivity (Wildman–Crippen MR) is 186 cm³/mol. The van der Waals surface area contributed by atoms with Gasteiger partial charge in [0.1, 0.15) is 18.4 Å². The highest BCUT2D eigenvalue weighted by molar-refractivity contribution is 6.74. The van der Waals surface area contributed by atoms with Crippen LogP contribution in [-0.2, 0) is 18.4 Å². The molecule has 4 atom stereocenters. The van der Waals surface area contributed by atoms with E-state index >= 15 is 0 Å². The Labute approximate surface area is 279 Å². The van der Waals surface area contributed by atoms with Gasteiger partial charge in [-0.3, -0.25) is 24.8 Å². The molecule has 1 aliphatic rings. The summed E-state index contributed by atoms with van der Waals surface area (Å²) in [5.41, 5.74) is 1.02. The zero-order chi connectivity index (χ0) is 35.1. The summed E-state index contributed by atoms with van der Waals surface area (Å²) < 4.78 is 28.3. The van der Waals surface area contributed by atoms with Crippen LogP contribution in [0.1, 0.15) is 79.7 Å². The van der Waals surface area contributed by atoms with Crippen molar-refractivity contribution in [1.29, 1.82) is 0 Å². The normalized spacial score (nSPS) is 20.0. The van der Waals surface area contributed by atoms with Crippen LogP contribution in [-0.4, -0.2) is 65.8 Å². The Hall–Kier alpha value is -3.25. The number of anilines is 1. The second kappa shape index (κ2) is 13.3. The number of para-hydroxylation sites is 1. The number of aromatic nitrogens is 4. The number of nitrogens with zero attached hydrogens (tertiary/aromatic N) is 5. The molecule has 0 aliphatic carbocycles. The Bertz CT molecular complexity index is 1620. The Morgan fingerprint density at radius 1 is 1.11 bits per heavy atom. The van der Waals surface area contributed by atoms with Crippen LogP contribution < -0.4 is 10.1 Å². The van der Waals surface area contributed by atoms with Gasteiger partial charge in [0, 0.05) is 19.4 Å². The second-order valence-corrected chi connectivity index (χ2v) is 24.9. The molecule has 3 heterocycles. The van der Waals surface area contributed by atoms with Gasteiger partial charge in [-0.05, 0) is 49.3 Å². The first-order valence-electron chi connectivity index (χ1n) is 16.0. The van der Waals surface area contributed by atoms with Crippen LogP contribution in [0, 0.1) is 10.1 Å². The molecule has 0 saturated carbocycles. The molecule has 1 amide bonds. The summed E-state index contributed by atoms with van der Waals surface area (Å²) in [5, 5.41) is 14.4.